The van der Waals surface area contributed by atoms with Crippen molar-refractivity contribution in [1.82, 2.24) is 4.90 Å². The maximum Gasteiger partial charge on any atom is 0.238 e. The molecule has 0 heterocycles. The summed E-state index contributed by atoms with van der Waals surface area (Å²) >= 11 is 3.32. The number of halogens is 1. The van der Waals surface area contributed by atoms with E-state index in [1.54, 1.807) is 4.90 Å². The first-order chi connectivity index (χ1) is 5.93. The number of carbonyl (C=O) groups is 1. The fraction of sp³-hybridized carbons (Fsp3) is 0.889. The molecule has 0 radical (unpaired) electrons. The van der Waals surface area contributed by atoms with Gasteiger partial charge in [0, 0.05) is 19.7 Å². The van der Waals surface area contributed by atoms with Crippen LogP contribution in [-0.2, 0) is 4.79 Å². The third-order valence-corrected chi connectivity index (χ3v) is 2.10. The minimum absolute atomic E-state index is 0.0726. The number of alkyl halides is 1. The van der Waals surface area contributed by atoms with E-state index in [0.29, 0.717) is 19.5 Å². The molecule has 0 spiro atoms. The second-order valence-corrected chi connectivity index (χ2v) is 5.42. The summed E-state index contributed by atoms with van der Waals surface area (Å²) in [6.07, 6.45) is 0.642. The van der Waals surface area contributed by atoms with Crippen molar-refractivity contribution in [2.24, 2.45) is 0 Å². The number of aliphatic hydroxyl groups is 1. The number of rotatable bonds is 5. The Hall–Kier alpha value is -0.0900. The van der Waals surface area contributed by atoms with Gasteiger partial charge in [-0.1, -0.05) is 15.9 Å². The molecule has 3 nitrogen and oxygen atoms in total. The lowest BCUT2D eigenvalue weighted by molar-refractivity contribution is -0.132. The van der Waals surface area contributed by atoms with Gasteiger partial charge in [-0.2, -0.15) is 0 Å². The molecule has 4 heteroatoms. The number of carbonyl (C=O) groups excluding carboxylic acids is 1. The van der Waals surface area contributed by atoms with Gasteiger partial charge in [0.05, 0.1) is 4.32 Å². The third kappa shape index (κ3) is 4.62. The predicted molar refractivity (Wildman–Crippen MR) is 57.0 cm³/mol. The van der Waals surface area contributed by atoms with E-state index in [2.05, 4.69) is 15.9 Å². The zero-order valence-corrected chi connectivity index (χ0v) is 10.1. The van der Waals surface area contributed by atoms with E-state index < -0.39 is 4.32 Å². The van der Waals surface area contributed by atoms with Gasteiger partial charge in [-0.25, -0.2) is 0 Å². The maximum absolute atomic E-state index is 11.7. The Bertz CT molecular complexity index is 165. The average Bonchev–Trinajstić information content (AvgIpc) is 2.04. The Morgan fingerprint density at radius 2 is 2.08 bits per heavy atom. The molecule has 0 aliphatic carbocycles. The van der Waals surface area contributed by atoms with Crippen LogP contribution in [0, 0.1) is 0 Å². The normalized spacial score (nSPS) is 11.5. The zero-order valence-electron chi connectivity index (χ0n) is 8.51. The molecule has 0 aromatic heterocycles. The van der Waals surface area contributed by atoms with Gasteiger partial charge >= 0.3 is 0 Å². The highest BCUT2D eigenvalue weighted by molar-refractivity contribution is 9.10. The molecular formula is C9H18BrNO2. The molecule has 0 rings (SSSR count). The fourth-order valence-corrected chi connectivity index (χ4v) is 1.29. The topological polar surface area (TPSA) is 40.5 Å². The Morgan fingerprint density at radius 3 is 2.38 bits per heavy atom. The van der Waals surface area contributed by atoms with Crippen LogP contribution in [0.5, 0.6) is 0 Å². The summed E-state index contributed by atoms with van der Waals surface area (Å²) in [6.45, 7) is 7.04. The lowest BCUT2D eigenvalue weighted by Crippen LogP contribution is -2.42. The molecule has 78 valence electrons. The van der Waals surface area contributed by atoms with Crippen molar-refractivity contribution in [1.29, 1.82) is 0 Å². The van der Waals surface area contributed by atoms with Gasteiger partial charge in [0.15, 0.2) is 0 Å². The van der Waals surface area contributed by atoms with E-state index in [1.165, 1.54) is 0 Å². The van der Waals surface area contributed by atoms with Crippen LogP contribution in [0.1, 0.15) is 27.2 Å². The van der Waals surface area contributed by atoms with Gasteiger partial charge in [0.1, 0.15) is 0 Å². The SMILES string of the molecule is CCN(CCCO)C(=O)C(C)(C)Br. The molecule has 0 bridgehead atoms. The number of amides is 1. The fourth-order valence-electron chi connectivity index (χ4n) is 1.04. The summed E-state index contributed by atoms with van der Waals surface area (Å²) in [4.78, 5) is 13.4. The maximum atomic E-state index is 11.7. The van der Waals surface area contributed by atoms with Gasteiger partial charge in [0.2, 0.25) is 5.91 Å². The highest BCUT2D eigenvalue weighted by Gasteiger charge is 2.27. The molecular weight excluding hydrogens is 234 g/mol. The Morgan fingerprint density at radius 1 is 1.54 bits per heavy atom. The molecule has 0 aliphatic heterocycles. The van der Waals surface area contributed by atoms with Crippen LogP contribution < -0.4 is 0 Å². The second kappa shape index (κ2) is 5.60. The highest BCUT2D eigenvalue weighted by atomic mass is 79.9. The minimum atomic E-state index is -0.502. The summed E-state index contributed by atoms with van der Waals surface area (Å²) in [6, 6.07) is 0. The molecule has 1 N–H and O–H groups in total. The first kappa shape index (κ1) is 12.9. The molecule has 0 aliphatic rings. The standard InChI is InChI=1S/C9H18BrNO2/c1-4-11(6-5-7-12)8(13)9(2,3)10/h12H,4-7H2,1-3H3. The molecule has 1 amide bonds. The lowest BCUT2D eigenvalue weighted by atomic mass is 10.2. The van der Waals surface area contributed by atoms with Crippen LogP contribution in [0.25, 0.3) is 0 Å². The second-order valence-electron chi connectivity index (χ2n) is 3.43. The molecule has 0 unspecified atom stereocenters. The van der Waals surface area contributed by atoms with Crippen LogP contribution in [0.15, 0.2) is 0 Å². The van der Waals surface area contributed by atoms with Crippen LogP contribution in [0.4, 0.5) is 0 Å². The van der Waals surface area contributed by atoms with Crippen molar-refractivity contribution in [2.45, 2.75) is 31.5 Å². The van der Waals surface area contributed by atoms with Crippen LogP contribution in [0.2, 0.25) is 0 Å². The molecule has 0 saturated carbocycles. The largest absolute Gasteiger partial charge is 0.396 e. The highest BCUT2D eigenvalue weighted by Crippen LogP contribution is 2.19. The number of nitrogens with zero attached hydrogens (tertiary/aromatic N) is 1. The molecule has 0 saturated heterocycles. The van der Waals surface area contributed by atoms with E-state index in [1.807, 2.05) is 20.8 Å². The van der Waals surface area contributed by atoms with E-state index in [9.17, 15) is 4.79 Å². The van der Waals surface area contributed by atoms with Crippen molar-refractivity contribution < 1.29 is 9.90 Å². The Kier molecular flexibility index (Phi) is 5.56. The lowest BCUT2D eigenvalue weighted by Gasteiger charge is -2.27. The summed E-state index contributed by atoms with van der Waals surface area (Å²) < 4.78 is -0.502. The molecule has 0 aromatic carbocycles. The minimum Gasteiger partial charge on any atom is -0.396 e. The Balaban J connectivity index is 4.16. The van der Waals surface area contributed by atoms with Crippen molar-refractivity contribution in [3.05, 3.63) is 0 Å². The summed E-state index contributed by atoms with van der Waals surface area (Å²) in [7, 11) is 0. The predicted octanol–water partition coefficient (Wildman–Crippen LogP) is 1.39. The zero-order chi connectivity index (χ0) is 10.5. The van der Waals surface area contributed by atoms with E-state index in [0.717, 1.165) is 0 Å². The number of aliphatic hydroxyl groups excluding tert-OH is 1. The first-order valence-corrected chi connectivity index (χ1v) is 5.32. The van der Waals surface area contributed by atoms with E-state index in [4.69, 9.17) is 5.11 Å². The van der Waals surface area contributed by atoms with E-state index in [-0.39, 0.29) is 12.5 Å². The van der Waals surface area contributed by atoms with Crippen molar-refractivity contribution in [2.75, 3.05) is 19.7 Å². The summed E-state index contributed by atoms with van der Waals surface area (Å²) in [5.41, 5.74) is 0. The van der Waals surface area contributed by atoms with Gasteiger partial charge in [-0.05, 0) is 27.2 Å². The average molecular weight is 252 g/mol. The molecule has 0 aromatic rings. The van der Waals surface area contributed by atoms with Crippen LogP contribution >= 0.6 is 15.9 Å². The van der Waals surface area contributed by atoms with Crippen molar-refractivity contribution in [3.63, 3.8) is 0 Å². The van der Waals surface area contributed by atoms with Crippen LogP contribution in [-0.4, -0.2) is 39.9 Å². The first-order valence-electron chi connectivity index (χ1n) is 4.52. The quantitative estimate of drug-likeness (QED) is 0.751. The molecule has 13 heavy (non-hydrogen) atoms. The van der Waals surface area contributed by atoms with Gasteiger partial charge in [-0.15, -0.1) is 0 Å². The van der Waals surface area contributed by atoms with E-state index >= 15 is 0 Å². The van der Waals surface area contributed by atoms with Crippen LogP contribution in [0.3, 0.4) is 0 Å². The van der Waals surface area contributed by atoms with Crippen molar-refractivity contribution in [3.8, 4) is 0 Å². The van der Waals surface area contributed by atoms with Gasteiger partial charge in [-0.3, -0.25) is 4.79 Å². The smallest absolute Gasteiger partial charge is 0.238 e. The van der Waals surface area contributed by atoms with Gasteiger partial charge < -0.3 is 10.0 Å². The van der Waals surface area contributed by atoms with Crippen molar-refractivity contribution >= 4 is 21.8 Å². The molecule has 0 atom stereocenters. The molecule has 0 fully saturated rings. The monoisotopic (exact) mass is 251 g/mol. The summed E-state index contributed by atoms with van der Waals surface area (Å²) in [5.74, 6) is 0.0726. The third-order valence-electron chi connectivity index (χ3n) is 1.76. The van der Waals surface area contributed by atoms with Gasteiger partial charge in [0.25, 0.3) is 0 Å². The number of hydrogen-bond donors (Lipinski definition) is 1. The number of hydrogen-bond acceptors (Lipinski definition) is 2. The summed E-state index contributed by atoms with van der Waals surface area (Å²) in [5, 5.41) is 8.65. The Labute approximate surface area is 88.2 Å².